The number of aliphatic carboxylic acids is 1. The summed E-state index contributed by atoms with van der Waals surface area (Å²) in [5, 5.41) is 48.3. The van der Waals surface area contributed by atoms with Gasteiger partial charge in [-0.3, -0.25) is 0 Å². The number of rotatable bonds is 7. The molecule has 0 saturated carbocycles. The number of benzene rings is 2. The van der Waals surface area contributed by atoms with Crippen molar-refractivity contribution in [3.8, 4) is 22.6 Å². The summed E-state index contributed by atoms with van der Waals surface area (Å²) >= 11 is 0. The van der Waals surface area contributed by atoms with Crippen molar-refractivity contribution in [3.05, 3.63) is 48.0 Å². The van der Waals surface area contributed by atoms with Gasteiger partial charge in [0, 0.05) is 5.56 Å². The van der Waals surface area contributed by atoms with Crippen LogP contribution >= 0.6 is 0 Å². The Kier molecular flexibility index (Phi) is 6.91. The van der Waals surface area contributed by atoms with Crippen molar-refractivity contribution in [3.63, 3.8) is 0 Å². The van der Waals surface area contributed by atoms with E-state index in [1.807, 2.05) is 13.0 Å². The number of ether oxygens (including phenoxy) is 3. The van der Waals surface area contributed by atoms with Gasteiger partial charge in [0.2, 0.25) is 6.29 Å². The van der Waals surface area contributed by atoms with Crippen molar-refractivity contribution in [2.24, 2.45) is 0 Å². The average Bonchev–Trinajstić information content (AvgIpc) is 2.72. The number of hydrogen-bond donors (Lipinski definition) is 5. The lowest BCUT2D eigenvalue weighted by molar-refractivity contribution is -0.277. The van der Waals surface area contributed by atoms with E-state index in [2.05, 4.69) is 0 Å². The lowest BCUT2D eigenvalue weighted by Crippen LogP contribution is -2.60. The highest BCUT2D eigenvalue weighted by atomic mass is 16.7. The van der Waals surface area contributed by atoms with Gasteiger partial charge in [0.1, 0.15) is 35.9 Å². The Hall–Kier alpha value is -2.69. The van der Waals surface area contributed by atoms with Gasteiger partial charge >= 0.3 is 5.97 Å². The van der Waals surface area contributed by atoms with Gasteiger partial charge in [-0.1, -0.05) is 24.3 Å². The third-order valence-electron chi connectivity index (χ3n) is 4.70. The van der Waals surface area contributed by atoms with Crippen LogP contribution < -0.4 is 9.47 Å². The van der Waals surface area contributed by atoms with Gasteiger partial charge in [0.15, 0.2) is 6.61 Å². The maximum Gasteiger partial charge on any atom is 0.341 e. The molecule has 9 heteroatoms. The first-order chi connectivity index (χ1) is 14.3. The molecule has 2 aromatic carbocycles. The molecule has 5 atom stereocenters. The lowest BCUT2D eigenvalue weighted by atomic mass is 9.99. The zero-order valence-electron chi connectivity index (χ0n) is 16.2. The summed E-state index contributed by atoms with van der Waals surface area (Å²) < 4.78 is 16.5. The Morgan fingerprint density at radius 1 is 1.07 bits per heavy atom. The van der Waals surface area contributed by atoms with E-state index in [0.717, 1.165) is 5.56 Å². The summed E-state index contributed by atoms with van der Waals surface area (Å²) in [6, 6.07) is 12.1. The standard InChI is InChI=1S/C21H24O9/c1-11-6-12(8-13(7-11)28-10-17(23)24)14-4-2-3-5-15(14)29-21-20(27)19(26)18(25)16(9-22)30-21/h2-8,16,18-22,25-27H,9-10H2,1H3,(H,23,24)/t16-,18-,19+,20+,21-/m1/s1. The van der Waals surface area contributed by atoms with E-state index in [1.54, 1.807) is 36.4 Å². The largest absolute Gasteiger partial charge is 0.482 e. The molecule has 1 aliphatic rings. The molecule has 1 fully saturated rings. The molecule has 0 amide bonds. The van der Waals surface area contributed by atoms with Gasteiger partial charge in [0.05, 0.1) is 6.61 Å². The molecule has 0 bridgehead atoms. The van der Waals surface area contributed by atoms with Crippen LogP contribution in [0.5, 0.6) is 11.5 Å². The summed E-state index contributed by atoms with van der Waals surface area (Å²) in [5.41, 5.74) is 2.12. The van der Waals surface area contributed by atoms with E-state index >= 15 is 0 Å². The van der Waals surface area contributed by atoms with E-state index in [4.69, 9.17) is 19.3 Å². The maximum atomic E-state index is 10.8. The van der Waals surface area contributed by atoms with Crippen molar-refractivity contribution in [2.75, 3.05) is 13.2 Å². The predicted molar refractivity (Wildman–Crippen MR) is 104 cm³/mol. The van der Waals surface area contributed by atoms with Crippen LogP contribution in [-0.4, -0.2) is 75.4 Å². The number of carboxylic acids is 1. The van der Waals surface area contributed by atoms with Crippen molar-refractivity contribution < 1.29 is 44.5 Å². The number of carboxylic acid groups (broad SMARTS) is 1. The van der Waals surface area contributed by atoms with Gasteiger partial charge in [-0.05, 0) is 36.2 Å². The van der Waals surface area contributed by atoms with Crippen molar-refractivity contribution in [1.82, 2.24) is 0 Å². The molecule has 30 heavy (non-hydrogen) atoms. The first-order valence-corrected chi connectivity index (χ1v) is 9.33. The fraction of sp³-hybridized carbons (Fsp3) is 0.381. The summed E-state index contributed by atoms with van der Waals surface area (Å²) in [6.07, 6.45) is -6.98. The molecular formula is C21H24O9. The number of para-hydroxylation sites is 1. The van der Waals surface area contributed by atoms with E-state index in [9.17, 15) is 25.2 Å². The molecule has 1 saturated heterocycles. The van der Waals surface area contributed by atoms with Crippen LogP contribution in [0, 0.1) is 6.92 Å². The van der Waals surface area contributed by atoms with E-state index in [1.165, 1.54) is 0 Å². The number of carbonyl (C=O) groups is 1. The van der Waals surface area contributed by atoms with Crippen LogP contribution in [0.4, 0.5) is 0 Å². The molecule has 5 N–H and O–H groups in total. The first kappa shape index (κ1) is 22.0. The molecule has 1 heterocycles. The van der Waals surface area contributed by atoms with Gasteiger partial charge in [0.25, 0.3) is 0 Å². The third kappa shape index (κ3) is 4.89. The zero-order valence-corrected chi connectivity index (χ0v) is 16.2. The minimum atomic E-state index is -1.55. The van der Waals surface area contributed by atoms with Crippen LogP contribution in [0.3, 0.4) is 0 Å². The number of aliphatic hydroxyl groups excluding tert-OH is 4. The smallest absolute Gasteiger partial charge is 0.341 e. The van der Waals surface area contributed by atoms with Gasteiger partial charge in [-0.2, -0.15) is 0 Å². The van der Waals surface area contributed by atoms with Crippen LogP contribution in [0.15, 0.2) is 42.5 Å². The van der Waals surface area contributed by atoms with Crippen molar-refractivity contribution in [2.45, 2.75) is 37.6 Å². The van der Waals surface area contributed by atoms with Crippen LogP contribution in [0.2, 0.25) is 0 Å². The van der Waals surface area contributed by atoms with Gasteiger partial charge < -0.3 is 39.7 Å². The summed E-state index contributed by atoms with van der Waals surface area (Å²) in [7, 11) is 0. The summed E-state index contributed by atoms with van der Waals surface area (Å²) in [4.78, 5) is 10.8. The predicted octanol–water partition coefficient (Wildman–Crippen LogP) is 0.304. The molecule has 3 rings (SSSR count). The number of hydrogen-bond acceptors (Lipinski definition) is 8. The second-order valence-electron chi connectivity index (χ2n) is 7.03. The normalized spacial score (nSPS) is 26.2. The van der Waals surface area contributed by atoms with Crippen molar-refractivity contribution >= 4 is 5.97 Å². The molecule has 0 aromatic heterocycles. The third-order valence-corrected chi connectivity index (χ3v) is 4.70. The van der Waals surface area contributed by atoms with Gasteiger partial charge in [-0.15, -0.1) is 0 Å². The molecule has 0 unspecified atom stereocenters. The highest BCUT2D eigenvalue weighted by Gasteiger charge is 2.44. The molecule has 0 radical (unpaired) electrons. The Balaban J connectivity index is 1.89. The van der Waals surface area contributed by atoms with E-state index < -0.39 is 49.9 Å². The lowest BCUT2D eigenvalue weighted by Gasteiger charge is -2.39. The fourth-order valence-electron chi connectivity index (χ4n) is 3.23. The second kappa shape index (κ2) is 9.41. The SMILES string of the molecule is Cc1cc(OCC(=O)O)cc(-c2ccccc2O[C@@H]2O[C@H](CO)[C@@H](O)[C@H](O)[C@@H]2O)c1. The summed E-state index contributed by atoms with van der Waals surface area (Å²) in [5.74, 6) is -0.406. The van der Waals surface area contributed by atoms with Crippen LogP contribution in [0.25, 0.3) is 11.1 Å². The van der Waals surface area contributed by atoms with Gasteiger partial charge in [-0.25, -0.2) is 4.79 Å². The molecule has 0 aliphatic carbocycles. The maximum absolute atomic E-state index is 10.8. The molecule has 0 spiro atoms. The fourth-order valence-corrected chi connectivity index (χ4v) is 3.23. The Labute approximate surface area is 172 Å². The van der Waals surface area contributed by atoms with Crippen molar-refractivity contribution in [1.29, 1.82) is 0 Å². The number of aryl methyl sites for hydroxylation is 1. The Morgan fingerprint density at radius 3 is 2.50 bits per heavy atom. The minimum absolute atomic E-state index is 0.316. The highest BCUT2D eigenvalue weighted by Crippen LogP contribution is 2.35. The molecule has 162 valence electrons. The zero-order chi connectivity index (χ0) is 21.8. The molecule has 9 nitrogen and oxygen atoms in total. The second-order valence-corrected chi connectivity index (χ2v) is 7.03. The Morgan fingerprint density at radius 2 is 1.80 bits per heavy atom. The highest BCUT2D eigenvalue weighted by molar-refractivity contribution is 5.73. The quantitative estimate of drug-likeness (QED) is 0.427. The molecule has 1 aliphatic heterocycles. The topological polar surface area (TPSA) is 146 Å². The van der Waals surface area contributed by atoms with Crippen LogP contribution in [0.1, 0.15) is 5.56 Å². The average molecular weight is 420 g/mol. The number of aliphatic hydroxyl groups is 4. The Bertz CT molecular complexity index is 883. The minimum Gasteiger partial charge on any atom is -0.482 e. The molecule has 2 aromatic rings. The molecular weight excluding hydrogens is 396 g/mol. The first-order valence-electron chi connectivity index (χ1n) is 9.33. The van der Waals surface area contributed by atoms with E-state index in [0.29, 0.717) is 22.6 Å². The van der Waals surface area contributed by atoms with E-state index in [-0.39, 0.29) is 0 Å². The monoisotopic (exact) mass is 420 g/mol. The van der Waals surface area contributed by atoms with Crippen LogP contribution in [-0.2, 0) is 9.53 Å². The summed E-state index contributed by atoms with van der Waals surface area (Å²) in [6.45, 7) is 0.790.